The Morgan fingerprint density at radius 3 is 2.26 bits per heavy atom. The summed E-state index contributed by atoms with van der Waals surface area (Å²) in [5.74, 6) is 2.08. The first-order chi connectivity index (χ1) is 17.8. The Kier molecular flexibility index (Phi) is 5.72. The van der Waals surface area contributed by atoms with Crippen LogP contribution < -0.4 is 0 Å². The van der Waals surface area contributed by atoms with Crippen molar-refractivity contribution in [2.45, 2.75) is 129 Å². The summed E-state index contributed by atoms with van der Waals surface area (Å²) in [6.07, 6.45) is 4.13. The lowest BCUT2D eigenvalue weighted by atomic mass is 9.41. The average molecular weight is 535 g/mol. The van der Waals surface area contributed by atoms with Gasteiger partial charge in [-0.2, -0.15) is 0 Å². The van der Waals surface area contributed by atoms with E-state index in [0.29, 0.717) is 34.5 Å². The van der Waals surface area contributed by atoms with Crippen molar-refractivity contribution in [2.75, 3.05) is 13.2 Å². The van der Waals surface area contributed by atoms with Gasteiger partial charge in [-0.05, 0) is 96.7 Å². The SMILES string of the molecule is C[C@@H]1CCOC2[C@H]1C1(C)CCC34CC35CCC(O[C@@H]3OCC(O)C(O)[C@H]3O)C(C)(C)[C@@H]5CCC4[C@]1(C)[C@H]2O. The van der Waals surface area contributed by atoms with Gasteiger partial charge in [-0.3, -0.25) is 0 Å². The standard InChI is InChI=1S/C31H50O7/c1-16-9-13-36-24-21(16)28(4)11-12-31-15-30(31)10-8-20(38-26-23(34)22(33)17(32)14-37-26)27(2,3)18(30)6-7-19(31)29(28,5)25(24)35/h16-26,32-35H,6-15H2,1-5H3/t16-,17?,18+,19?,20?,21+,22?,23-,24?,25+,26+,28?,29-,30?,31?/m1/s1. The minimum Gasteiger partial charge on any atom is -0.390 e. The number of ether oxygens (including phenoxy) is 3. The molecule has 7 aliphatic rings. The van der Waals surface area contributed by atoms with E-state index in [0.717, 1.165) is 38.7 Å². The first kappa shape index (κ1) is 26.6. The van der Waals surface area contributed by atoms with Crippen LogP contribution in [-0.2, 0) is 14.2 Å². The predicted molar refractivity (Wildman–Crippen MR) is 140 cm³/mol. The van der Waals surface area contributed by atoms with Crippen LogP contribution in [0.1, 0.15) is 86.0 Å². The van der Waals surface area contributed by atoms with E-state index >= 15 is 0 Å². The summed E-state index contributed by atoms with van der Waals surface area (Å²) >= 11 is 0. The minimum absolute atomic E-state index is 0.0207. The maximum atomic E-state index is 12.0. The van der Waals surface area contributed by atoms with Crippen molar-refractivity contribution in [3.63, 3.8) is 0 Å². The molecule has 4 N–H and O–H groups in total. The van der Waals surface area contributed by atoms with Gasteiger partial charge in [0.2, 0.25) is 0 Å². The summed E-state index contributed by atoms with van der Waals surface area (Å²) in [5, 5.41) is 42.6. The molecule has 216 valence electrons. The summed E-state index contributed by atoms with van der Waals surface area (Å²) in [5.41, 5.74) is 0.482. The minimum atomic E-state index is -1.25. The quantitative estimate of drug-likeness (QED) is 0.403. The van der Waals surface area contributed by atoms with Gasteiger partial charge in [-0.15, -0.1) is 0 Å². The lowest BCUT2D eigenvalue weighted by Crippen LogP contribution is -2.61. The van der Waals surface area contributed by atoms with Crippen LogP contribution in [0.15, 0.2) is 0 Å². The Morgan fingerprint density at radius 1 is 0.789 bits per heavy atom. The fraction of sp³-hybridized carbons (Fsp3) is 1.00. The largest absolute Gasteiger partial charge is 0.390 e. The third kappa shape index (κ3) is 2.95. The molecule has 7 heteroatoms. The number of fused-ring (bicyclic) bond motifs is 4. The van der Waals surface area contributed by atoms with Crippen molar-refractivity contribution in [2.24, 2.45) is 50.7 Å². The molecule has 0 bridgehead atoms. The molecule has 2 saturated heterocycles. The number of hydrogen-bond donors (Lipinski definition) is 4. The fourth-order valence-electron chi connectivity index (χ4n) is 12.5. The first-order valence-corrected chi connectivity index (χ1v) is 15.5. The normalized spacial score (nSPS) is 62.6. The second-order valence-electron chi connectivity index (χ2n) is 15.7. The summed E-state index contributed by atoms with van der Waals surface area (Å²) in [4.78, 5) is 0. The molecule has 0 aromatic heterocycles. The van der Waals surface area contributed by atoms with Crippen molar-refractivity contribution >= 4 is 0 Å². The Morgan fingerprint density at radius 2 is 1.50 bits per heavy atom. The van der Waals surface area contributed by atoms with E-state index in [-0.39, 0.29) is 35.1 Å². The van der Waals surface area contributed by atoms with Crippen LogP contribution in [0.4, 0.5) is 0 Å². The Hall–Kier alpha value is -0.280. The highest BCUT2D eigenvalue weighted by Crippen LogP contribution is 2.89. The molecule has 38 heavy (non-hydrogen) atoms. The second-order valence-corrected chi connectivity index (χ2v) is 15.7. The number of rotatable bonds is 2. The molecule has 0 amide bonds. The van der Waals surface area contributed by atoms with E-state index in [4.69, 9.17) is 14.2 Å². The molecule has 8 unspecified atom stereocenters. The van der Waals surface area contributed by atoms with Gasteiger partial charge in [-0.25, -0.2) is 0 Å². The van der Waals surface area contributed by atoms with E-state index in [1.54, 1.807) is 0 Å². The lowest BCUT2D eigenvalue weighted by molar-refractivity contribution is -0.303. The summed E-state index contributed by atoms with van der Waals surface area (Å²) in [6, 6.07) is 0. The number of aliphatic hydroxyl groups excluding tert-OH is 4. The molecular weight excluding hydrogens is 484 g/mol. The summed E-state index contributed by atoms with van der Waals surface area (Å²) in [7, 11) is 0. The molecule has 0 aromatic carbocycles. The summed E-state index contributed by atoms with van der Waals surface area (Å²) in [6.45, 7) is 12.7. The monoisotopic (exact) mass is 534 g/mol. The van der Waals surface area contributed by atoms with Crippen LogP contribution in [0.3, 0.4) is 0 Å². The van der Waals surface area contributed by atoms with E-state index in [9.17, 15) is 20.4 Å². The van der Waals surface area contributed by atoms with Gasteiger partial charge in [0.25, 0.3) is 0 Å². The van der Waals surface area contributed by atoms with Crippen molar-refractivity contribution in [1.29, 1.82) is 0 Å². The molecule has 5 aliphatic carbocycles. The van der Waals surface area contributed by atoms with E-state index in [2.05, 4.69) is 34.6 Å². The molecular formula is C31H50O7. The van der Waals surface area contributed by atoms with E-state index in [1.807, 2.05) is 0 Å². The third-order valence-electron chi connectivity index (χ3n) is 14.5. The van der Waals surface area contributed by atoms with Crippen molar-refractivity contribution in [1.82, 2.24) is 0 Å². The maximum Gasteiger partial charge on any atom is 0.186 e. The molecule has 15 atom stereocenters. The maximum absolute atomic E-state index is 12.0. The molecule has 5 saturated carbocycles. The predicted octanol–water partition coefficient (Wildman–Crippen LogP) is 3.26. The van der Waals surface area contributed by atoms with Gasteiger partial charge >= 0.3 is 0 Å². The third-order valence-corrected chi connectivity index (χ3v) is 14.5. The van der Waals surface area contributed by atoms with Gasteiger partial charge < -0.3 is 34.6 Å². The zero-order valence-electron chi connectivity index (χ0n) is 23.9. The zero-order valence-corrected chi connectivity index (χ0v) is 23.9. The zero-order chi connectivity index (χ0) is 27.0. The molecule has 7 fully saturated rings. The van der Waals surface area contributed by atoms with Crippen LogP contribution in [-0.4, -0.2) is 76.6 Å². The molecule has 2 aliphatic heterocycles. The molecule has 0 aromatic rings. The van der Waals surface area contributed by atoms with Crippen molar-refractivity contribution < 1.29 is 34.6 Å². The Bertz CT molecular complexity index is 972. The topological polar surface area (TPSA) is 109 Å². The van der Waals surface area contributed by atoms with Gasteiger partial charge in [0.15, 0.2) is 6.29 Å². The van der Waals surface area contributed by atoms with Crippen molar-refractivity contribution in [3.05, 3.63) is 0 Å². The van der Waals surface area contributed by atoms with Crippen LogP contribution >= 0.6 is 0 Å². The smallest absolute Gasteiger partial charge is 0.186 e. The van der Waals surface area contributed by atoms with E-state index < -0.39 is 30.7 Å². The van der Waals surface area contributed by atoms with Gasteiger partial charge in [-0.1, -0.05) is 34.6 Å². The number of aliphatic hydroxyl groups is 4. The van der Waals surface area contributed by atoms with Crippen LogP contribution in [0.25, 0.3) is 0 Å². The van der Waals surface area contributed by atoms with Crippen molar-refractivity contribution in [3.8, 4) is 0 Å². The lowest BCUT2D eigenvalue weighted by Gasteiger charge is -2.64. The van der Waals surface area contributed by atoms with Crippen LogP contribution in [0, 0.1) is 50.7 Å². The highest BCUT2D eigenvalue weighted by Gasteiger charge is 2.84. The van der Waals surface area contributed by atoms with Crippen LogP contribution in [0.5, 0.6) is 0 Å². The molecule has 7 nitrogen and oxygen atoms in total. The highest BCUT2D eigenvalue weighted by molar-refractivity contribution is 5.32. The van der Waals surface area contributed by atoms with Crippen LogP contribution in [0.2, 0.25) is 0 Å². The number of hydrogen-bond acceptors (Lipinski definition) is 7. The molecule has 2 spiro atoms. The highest BCUT2D eigenvalue weighted by atomic mass is 16.7. The molecule has 2 heterocycles. The average Bonchev–Trinajstić information content (AvgIpc) is 3.50. The van der Waals surface area contributed by atoms with Gasteiger partial charge in [0.1, 0.15) is 18.3 Å². The Balaban J connectivity index is 1.16. The van der Waals surface area contributed by atoms with E-state index in [1.165, 1.54) is 19.3 Å². The molecule has 7 rings (SSSR count). The van der Waals surface area contributed by atoms with Gasteiger partial charge in [0.05, 0.1) is 24.9 Å². The fourth-order valence-corrected chi connectivity index (χ4v) is 12.5. The Labute approximate surface area is 227 Å². The molecule has 0 radical (unpaired) electrons. The van der Waals surface area contributed by atoms with Gasteiger partial charge in [0, 0.05) is 12.0 Å². The first-order valence-electron chi connectivity index (χ1n) is 15.5. The summed E-state index contributed by atoms with van der Waals surface area (Å²) < 4.78 is 18.4. The second kappa shape index (κ2) is 8.17.